The Morgan fingerprint density at radius 3 is 2.73 bits per heavy atom. The quantitative estimate of drug-likeness (QED) is 0.464. The standard InChI is InChI=1S/C10H5Cl2NO2/c1-2-3-15-10-5-9(13-6-14)7(11)4-8(10)12/h1,4-5H,3H2. The fraction of sp³-hybridized carbons (Fsp3) is 0.100. The number of halogens is 2. The predicted molar refractivity (Wildman–Crippen MR) is 58.6 cm³/mol. The molecule has 1 aromatic rings. The third kappa shape index (κ3) is 3.00. The molecule has 76 valence electrons. The third-order valence-electron chi connectivity index (χ3n) is 1.48. The first-order valence-electron chi connectivity index (χ1n) is 3.82. The van der Waals surface area contributed by atoms with Crippen LogP contribution in [0.3, 0.4) is 0 Å². The van der Waals surface area contributed by atoms with Crippen molar-refractivity contribution in [1.82, 2.24) is 0 Å². The summed E-state index contributed by atoms with van der Waals surface area (Å²) in [6.45, 7) is 0.0750. The van der Waals surface area contributed by atoms with E-state index >= 15 is 0 Å². The molecule has 0 amide bonds. The molecular formula is C10H5Cl2NO2. The molecular weight excluding hydrogens is 237 g/mol. The summed E-state index contributed by atoms with van der Waals surface area (Å²) >= 11 is 11.6. The van der Waals surface area contributed by atoms with E-state index in [0.29, 0.717) is 10.8 Å². The first kappa shape index (κ1) is 11.6. The van der Waals surface area contributed by atoms with Gasteiger partial charge in [0.15, 0.2) is 0 Å². The third-order valence-corrected chi connectivity index (χ3v) is 2.08. The lowest BCUT2D eigenvalue weighted by Crippen LogP contribution is -1.93. The highest BCUT2D eigenvalue weighted by molar-refractivity contribution is 6.37. The zero-order valence-electron chi connectivity index (χ0n) is 7.46. The molecule has 0 aromatic heterocycles. The number of hydrogen-bond donors (Lipinski definition) is 0. The fourth-order valence-electron chi connectivity index (χ4n) is 0.883. The molecule has 0 spiro atoms. The minimum absolute atomic E-state index is 0.0750. The Kier molecular flexibility index (Phi) is 4.20. The minimum Gasteiger partial charge on any atom is -0.479 e. The molecule has 0 N–H and O–H groups in total. The van der Waals surface area contributed by atoms with Crippen molar-refractivity contribution >= 4 is 35.0 Å². The first-order valence-corrected chi connectivity index (χ1v) is 4.57. The lowest BCUT2D eigenvalue weighted by molar-refractivity contribution is 0.371. The smallest absolute Gasteiger partial charge is 0.240 e. The predicted octanol–water partition coefficient (Wildman–Crippen LogP) is 2.97. The summed E-state index contributed by atoms with van der Waals surface area (Å²) in [5.74, 6) is 2.61. The Balaban J connectivity index is 3.12. The van der Waals surface area contributed by atoms with Crippen LogP contribution >= 0.6 is 23.2 Å². The highest BCUT2D eigenvalue weighted by Gasteiger charge is 2.07. The fourth-order valence-corrected chi connectivity index (χ4v) is 1.36. The molecule has 0 aliphatic rings. The van der Waals surface area contributed by atoms with Gasteiger partial charge in [0, 0.05) is 6.07 Å². The Morgan fingerprint density at radius 2 is 2.13 bits per heavy atom. The molecule has 1 rings (SSSR count). The van der Waals surface area contributed by atoms with Gasteiger partial charge in [0.2, 0.25) is 6.08 Å². The van der Waals surface area contributed by atoms with E-state index in [0.717, 1.165) is 0 Å². The summed E-state index contributed by atoms with van der Waals surface area (Å²) in [6.07, 6.45) is 6.40. The van der Waals surface area contributed by atoms with Gasteiger partial charge in [-0.15, -0.1) is 6.42 Å². The average Bonchev–Trinajstić information content (AvgIpc) is 2.20. The van der Waals surface area contributed by atoms with Crippen molar-refractivity contribution in [2.24, 2.45) is 4.99 Å². The molecule has 0 saturated heterocycles. The van der Waals surface area contributed by atoms with Gasteiger partial charge in [-0.2, -0.15) is 4.99 Å². The largest absolute Gasteiger partial charge is 0.479 e. The molecule has 0 bridgehead atoms. The van der Waals surface area contributed by atoms with E-state index in [4.69, 9.17) is 34.4 Å². The van der Waals surface area contributed by atoms with Crippen LogP contribution in [-0.4, -0.2) is 12.7 Å². The van der Waals surface area contributed by atoms with Gasteiger partial charge in [-0.25, -0.2) is 4.79 Å². The summed E-state index contributed by atoms with van der Waals surface area (Å²) in [4.78, 5) is 13.5. The Hall–Kier alpha value is -1.46. The van der Waals surface area contributed by atoms with Gasteiger partial charge in [0.1, 0.15) is 12.4 Å². The number of aliphatic imine (C=N–C) groups is 1. The van der Waals surface area contributed by atoms with E-state index in [1.54, 1.807) is 0 Å². The second-order valence-electron chi connectivity index (χ2n) is 2.43. The van der Waals surface area contributed by atoms with E-state index in [1.165, 1.54) is 18.2 Å². The van der Waals surface area contributed by atoms with E-state index < -0.39 is 0 Å². The maximum atomic E-state index is 10.1. The highest BCUT2D eigenvalue weighted by Crippen LogP contribution is 2.35. The van der Waals surface area contributed by atoms with Crippen LogP contribution in [0.5, 0.6) is 5.75 Å². The zero-order valence-corrected chi connectivity index (χ0v) is 8.97. The molecule has 3 nitrogen and oxygen atoms in total. The molecule has 0 heterocycles. The number of nitrogens with zero attached hydrogens (tertiary/aromatic N) is 1. The molecule has 5 heteroatoms. The molecule has 0 saturated carbocycles. The van der Waals surface area contributed by atoms with Crippen molar-refractivity contribution in [3.63, 3.8) is 0 Å². The van der Waals surface area contributed by atoms with E-state index in [1.807, 2.05) is 0 Å². The monoisotopic (exact) mass is 241 g/mol. The van der Waals surface area contributed by atoms with E-state index in [-0.39, 0.29) is 17.3 Å². The first-order chi connectivity index (χ1) is 7.19. The molecule has 0 radical (unpaired) electrons. The van der Waals surface area contributed by atoms with Crippen molar-refractivity contribution in [3.05, 3.63) is 22.2 Å². The molecule has 0 unspecified atom stereocenters. The normalized spacial score (nSPS) is 8.87. The number of terminal acetylenes is 1. The van der Waals surface area contributed by atoms with Crippen LogP contribution in [0.25, 0.3) is 0 Å². The van der Waals surface area contributed by atoms with Crippen LogP contribution in [0.15, 0.2) is 17.1 Å². The van der Waals surface area contributed by atoms with Crippen LogP contribution in [0.4, 0.5) is 5.69 Å². The summed E-state index contributed by atoms with van der Waals surface area (Å²) in [6, 6.07) is 2.85. The average molecular weight is 242 g/mol. The second kappa shape index (κ2) is 5.43. The Bertz CT molecular complexity index is 459. The summed E-state index contributed by atoms with van der Waals surface area (Å²) in [5, 5.41) is 0.552. The molecule has 0 atom stereocenters. The SMILES string of the molecule is C#CCOc1cc(N=C=O)c(Cl)cc1Cl. The molecule has 1 aromatic carbocycles. The maximum Gasteiger partial charge on any atom is 0.240 e. The number of benzene rings is 1. The van der Waals surface area contributed by atoms with Crippen molar-refractivity contribution in [3.8, 4) is 18.1 Å². The molecule has 0 aliphatic heterocycles. The Morgan fingerprint density at radius 1 is 1.40 bits per heavy atom. The lowest BCUT2D eigenvalue weighted by atomic mass is 10.3. The zero-order chi connectivity index (χ0) is 11.3. The van der Waals surface area contributed by atoms with Gasteiger partial charge in [-0.1, -0.05) is 29.1 Å². The summed E-state index contributed by atoms with van der Waals surface area (Å²) in [7, 11) is 0. The number of ether oxygens (including phenoxy) is 1. The lowest BCUT2D eigenvalue weighted by Gasteiger charge is -2.06. The van der Waals surface area contributed by atoms with Gasteiger partial charge >= 0.3 is 0 Å². The van der Waals surface area contributed by atoms with Gasteiger partial charge in [-0.05, 0) is 6.07 Å². The van der Waals surface area contributed by atoms with E-state index in [9.17, 15) is 4.79 Å². The van der Waals surface area contributed by atoms with E-state index in [2.05, 4.69) is 10.9 Å². The topological polar surface area (TPSA) is 38.7 Å². The molecule has 15 heavy (non-hydrogen) atoms. The van der Waals surface area contributed by atoms with Crippen molar-refractivity contribution in [1.29, 1.82) is 0 Å². The van der Waals surface area contributed by atoms with Crippen molar-refractivity contribution in [2.45, 2.75) is 0 Å². The number of hydrogen-bond acceptors (Lipinski definition) is 3. The van der Waals surface area contributed by atoms with Crippen molar-refractivity contribution in [2.75, 3.05) is 6.61 Å². The van der Waals surface area contributed by atoms with Crippen LogP contribution in [0.2, 0.25) is 10.0 Å². The van der Waals surface area contributed by atoms with Gasteiger partial charge in [0.05, 0.1) is 15.7 Å². The maximum absolute atomic E-state index is 10.1. The number of carbonyl (C=O) groups excluding carboxylic acids is 1. The summed E-state index contributed by atoms with van der Waals surface area (Å²) < 4.78 is 5.11. The van der Waals surface area contributed by atoms with Gasteiger partial charge in [0.25, 0.3) is 0 Å². The minimum atomic E-state index is 0.0750. The number of isocyanates is 1. The van der Waals surface area contributed by atoms with Crippen molar-refractivity contribution < 1.29 is 9.53 Å². The highest BCUT2D eigenvalue weighted by atomic mass is 35.5. The van der Waals surface area contributed by atoms with Crippen LogP contribution in [0.1, 0.15) is 0 Å². The van der Waals surface area contributed by atoms with Crippen LogP contribution in [-0.2, 0) is 4.79 Å². The van der Waals surface area contributed by atoms with Crippen LogP contribution in [0, 0.1) is 12.3 Å². The van der Waals surface area contributed by atoms with Crippen LogP contribution < -0.4 is 4.74 Å². The van der Waals surface area contributed by atoms with Gasteiger partial charge < -0.3 is 4.74 Å². The molecule has 0 aliphatic carbocycles. The number of rotatable bonds is 3. The van der Waals surface area contributed by atoms with Gasteiger partial charge in [-0.3, -0.25) is 0 Å². The Labute approximate surface area is 96.7 Å². The summed E-state index contributed by atoms with van der Waals surface area (Å²) in [5.41, 5.74) is 0.239. The molecule has 0 fully saturated rings. The second-order valence-corrected chi connectivity index (χ2v) is 3.24.